The molecule has 0 radical (unpaired) electrons. The molecule has 1 aromatic carbocycles. The molecule has 3 aliphatic carbocycles. The maximum absolute atomic E-state index is 12.4. The van der Waals surface area contributed by atoms with Crippen molar-refractivity contribution in [3.05, 3.63) is 28.8 Å². The second-order valence-corrected chi connectivity index (χ2v) is 7.85. The van der Waals surface area contributed by atoms with E-state index in [4.69, 9.17) is 4.74 Å². The maximum atomic E-state index is 12.4. The van der Waals surface area contributed by atoms with Crippen molar-refractivity contribution in [3.8, 4) is 5.75 Å². The number of Topliss-reactive ketones (excluding diaryl/α,β-unsaturated/α-hetero) is 1. The first-order chi connectivity index (χ1) is 10.5. The summed E-state index contributed by atoms with van der Waals surface area (Å²) < 4.78 is 5.50. The first kappa shape index (κ1) is 14.3. The van der Waals surface area contributed by atoms with Crippen molar-refractivity contribution in [2.45, 2.75) is 58.3 Å². The zero-order chi connectivity index (χ0) is 15.5. The fraction of sp³-hybridized carbons (Fsp3) is 0.650. The molecule has 0 spiro atoms. The Morgan fingerprint density at radius 3 is 2.77 bits per heavy atom. The molecule has 0 unspecified atom stereocenters. The second kappa shape index (κ2) is 4.84. The summed E-state index contributed by atoms with van der Waals surface area (Å²) in [5, 5.41) is 0. The summed E-state index contributed by atoms with van der Waals surface area (Å²) >= 11 is 0. The maximum Gasteiger partial charge on any atom is 0.139 e. The quantitative estimate of drug-likeness (QED) is 0.766. The van der Waals surface area contributed by atoms with Gasteiger partial charge in [0.05, 0.1) is 7.11 Å². The van der Waals surface area contributed by atoms with Gasteiger partial charge in [0.25, 0.3) is 0 Å². The van der Waals surface area contributed by atoms with Crippen LogP contribution in [-0.4, -0.2) is 12.9 Å². The molecule has 0 aromatic heterocycles. The van der Waals surface area contributed by atoms with Crippen LogP contribution in [0.1, 0.15) is 61.6 Å². The molecule has 4 atom stereocenters. The summed E-state index contributed by atoms with van der Waals surface area (Å²) in [5.74, 6) is 3.55. The monoisotopic (exact) mass is 298 g/mol. The third kappa shape index (κ3) is 1.82. The van der Waals surface area contributed by atoms with Gasteiger partial charge in [0.2, 0.25) is 0 Å². The molecular formula is C20H26O2. The minimum atomic E-state index is -0.0137. The van der Waals surface area contributed by atoms with Gasteiger partial charge in [0.15, 0.2) is 0 Å². The van der Waals surface area contributed by atoms with E-state index in [1.807, 2.05) is 0 Å². The Morgan fingerprint density at radius 2 is 2.00 bits per heavy atom. The highest BCUT2D eigenvalue weighted by Gasteiger charge is 2.54. The molecule has 2 heteroatoms. The van der Waals surface area contributed by atoms with Crippen LogP contribution in [-0.2, 0) is 11.2 Å². The number of ketones is 1. The Bertz CT molecular complexity index is 633. The number of methoxy groups -OCH3 is 1. The van der Waals surface area contributed by atoms with E-state index in [0.717, 1.165) is 31.4 Å². The van der Waals surface area contributed by atoms with E-state index in [1.54, 1.807) is 12.7 Å². The van der Waals surface area contributed by atoms with Crippen LogP contribution in [0.3, 0.4) is 0 Å². The van der Waals surface area contributed by atoms with Crippen LogP contribution in [0.5, 0.6) is 5.75 Å². The number of carbonyl (C=O) groups excluding carboxylic acids is 1. The molecule has 118 valence electrons. The van der Waals surface area contributed by atoms with E-state index in [1.165, 1.54) is 24.0 Å². The molecule has 0 amide bonds. The number of fused-ring (bicyclic) bond motifs is 5. The predicted molar refractivity (Wildman–Crippen MR) is 87.4 cm³/mol. The van der Waals surface area contributed by atoms with Crippen LogP contribution in [0, 0.1) is 24.2 Å². The van der Waals surface area contributed by atoms with E-state index in [9.17, 15) is 4.79 Å². The zero-order valence-corrected chi connectivity index (χ0v) is 13.9. The van der Waals surface area contributed by atoms with E-state index in [-0.39, 0.29) is 5.41 Å². The first-order valence-corrected chi connectivity index (χ1v) is 8.75. The Hall–Kier alpha value is -1.31. The largest absolute Gasteiger partial charge is 0.496 e. The molecule has 2 fully saturated rings. The number of hydrogen-bond donors (Lipinski definition) is 0. The van der Waals surface area contributed by atoms with Gasteiger partial charge in [-0.3, -0.25) is 4.79 Å². The summed E-state index contributed by atoms with van der Waals surface area (Å²) in [4.78, 5) is 12.4. The van der Waals surface area contributed by atoms with Crippen molar-refractivity contribution in [1.29, 1.82) is 0 Å². The molecule has 4 rings (SSSR count). The average Bonchev–Trinajstić information content (AvgIpc) is 2.82. The summed E-state index contributed by atoms with van der Waals surface area (Å²) in [6.45, 7) is 4.40. The molecular weight excluding hydrogens is 272 g/mol. The van der Waals surface area contributed by atoms with Crippen LogP contribution < -0.4 is 4.74 Å². The Morgan fingerprint density at radius 1 is 1.18 bits per heavy atom. The topological polar surface area (TPSA) is 26.3 Å². The average molecular weight is 298 g/mol. The van der Waals surface area contributed by atoms with Crippen molar-refractivity contribution in [2.24, 2.45) is 17.3 Å². The third-order valence-corrected chi connectivity index (χ3v) is 6.95. The van der Waals surface area contributed by atoms with Crippen molar-refractivity contribution in [3.63, 3.8) is 0 Å². The van der Waals surface area contributed by atoms with Gasteiger partial charge in [0.1, 0.15) is 11.5 Å². The molecule has 0 aliphatic heterocycles. The fourth-order valence-corrected chi connectivity index (χ4v) is 5.70. The zero-order valence-electron chi connectivity index (χ0n) is 13.9. The molecule has 0 saturated heterocycles. The van der Waals surface area contributed by atoms with Crippen molar-refractivity contribution in [1.82, 2.24) is 0 Å². The molecule has 0 heterocycles. The van der Waals surface area contributed by atoms with E-state index in [0.29, 0.717) is 23.5 Å². The highest BCUT2D eigenvalue weighted by atomic mass is 16.5. The number of rotatable bonds is 1. The number of benzene rings is 1. The summed E-state index contributed by atoms with van der Waals surface area (Å²) in [6, 6.07) is 4.62. The summed E-state index contributed by atoms with van der Waals surface area (Å²) in [6.07, 6.45) is 6.61. The number of hydrogen-bond acceptors (Lipinski definition) is 2. The van der Waals surface area contributed by atoms with Gasteiger partial charge in [-0.25, -0.2) is 0 Å². The molecule has 3 aliphatic rings. The molecule has 0 N–H and O–H groups in total. The lowest BCUT2D eigenvalue weighted by atomic mass is 9.55. The first-order valence-electron chi connectivity index (χ1n) is 8.75. The van der Waals surface area contributed by atoms with Gasteiger partial charge in [-0.05, 0) is 79.5 Å². The fourth-order valence-electron chi connectivity index (χ4n) is 5.70. The molecule has 22 heavy (non-hydrogen) atoms. The SMILES string of the molecule is COc1cc2c(cc1C)[C@@H]1CC[C@@]3(C)C(=O)CC[C@@H]3[C@@H]1CC2. The normalized spacial score (nSPS) is 36.5. The van der Waals surface area contributed by atoms with Crippen LogP contribution in [0.2, 0.25) is 0 Å². The van der Waals surface area contributed by atoms with E-state index >= 15 is 0 Å². The van der Waals surface area contributed by atoms with E-state index < -0.39 is 0 Å². The van der Waals surface area contributed by atoms with Gasteiger partial charge in [-0.15, -0.1) is 0 Å². The van der Waals surface area contributed by atoms with Crippen molar-refractivity contribution < 1.29 is 9.53 Å². The van der Waals surface area contributed by atoms with Gasteiger partial charge in [0, 0.05) is 11.8 Å². The lowest BCUT2D eigenvalue weighted by molar-refractivity contribution is -0.129. The van der Waals surface area contributed by atoms with Crippen molar-refractivity contribution >= 4 is 5.78 Å². The predicted octanol–water partition coefficient (Wildman–Crippen LogP) is 4.43. The van der Waals surface area contributed by atoms with Gasteiger partial charge in [-0.1, -0.05) is 13.0 Å². The molecule has 0 bridgehead atoms. The summed E-state index contributed by atoms with van der Waals surface area (Å²) in [7, 11) is 1.76. The highest BCUT2D eigenvalue weighted by Crippen LogP contribution is 2.59. The standard InChI is InChI=1S/C20H26O2/c1-12-10-16-13(11-18(12)22-3)4-5-15-14(16)8-9-20(2)17(15)6-7-19(20)21/h10-11,14-15,17H,4-9H2,1-3H3/t14-,15-,17-,20-/m1/s1. The lowest BCUT2D eigenvalue weighted by Crippen LogP contribution is -2.42. The minimum Gasteiger partial charge on any atom is -0.496 e. The highest BCUT2D eigenvalue weighted by molar-refractivity contribution is 5.87. The van der Waals surface area contributed by atoms with Crippen molar-refractivity contribution in [2.75, 3.05) is 7.11 Å². The third-order valence-electron chi connectivity index (χ3n) is 6.95. The van der Waals surface area contributed by atoms with Gasteiger partial charge >= 0.3 is 0 Å². The van der Waals surface area contributed by atoms with Crippen LogP contribution in [0.4, 0.5) is 0 Å². The molecule has 2 nitrogen and oxygen atoms in total. The number of ether oxygens (including phenoxy) is 1. The number of carbonyl (C=O) groups is 1. The Labute approximate surface area is 133 Å². The van der Waals surface area contributed by atoms with E-state index in [2.05, 4.69) is 26.0 Å². The smallest absolute Gasteiger partial charge is 0.139 e. The van der Waals surface area contributed by atoms with Gasteiger partial charge < -0.3 is 4.74 Å². The Balaban J connectivity index is 1.73. The van der Waals surface area contributed by atoms with Crippen LogP contribution in [0.25, 0.3) is 0 Å². The Kier molecular flexibility index (Phi) is 3.15. The lowest BCUT2D eigenvalue weighted by Gasteiger charge is -2.48. The number of aryl methyl sites for hydroxylation is 2. The minimum absolute atomic E-state index is 0.0137. The molecule has 2 saturated carbocycles. The second-order valence-electron chi connectivity index (χ2n) is 7.85. The summed E-state index contributed by atoms with van der Waals surface area (Å²) in [5.41, 5.74) is 4.27. The molecule has 1 aromatic rings. The van der Waals surface area contributed by atoms with Gasteiger partial charge in [-0.2, -0.15) is 0 Å². The van der Waals surface area contributed by atoms with Crippen LogP contribution >= 0.6 is 0 Å². The van der Waals surface area contributed by atoms with Crippen LogP contribution in [0.15, 0.2) is 12.1 Å².